The Labute approximate surface area is 162 Å². The second-order valence-electron chi connectivity index (χ2n) is 6.33. The SMILES string of the molecule is CCN(Cc1nc(-c2ccc([N+](=O)[O-])cc2)no1)C(C)c1cccc(OC)c1. The van der Waals surface area contributed by atoms with Gasteiger partial charge in [-0.2, -0.15) is 4.98 Å². The van der Waals surface area contributed by atoms with Crippen molar-refractivity contribution in [2.45, 2.75) is 26.4 Å². The Kier molecular flexibility index (Phi) is 6.00. The van der Waals surface area contributed by atoms with Crippen molar-refractivity contribution in [2.24, 2.45) is 0 Å². The van der Waals surface area contributed by atoms with E-state index in [0.29, 0.717) is 23.8 Å². The standard InChI is InChI=1S/C20H22N4O4/c1-4-23(14(2)16-6-5-7-18(12-16)27-3)13-19-21-20(22-28-19)15-8-10-17(11-9-15)24(25)26/h5-12,14H,4,13H2,1-3H3. The first-order valence-electron chi connectivity index (χ1n) is 8.97. The van der Waals surface area contributed by atoms with Gasteiger partial charge in [0.25, 0.3) is 5.69 Å². The number of nitro benzene ring substituents is 1. The Morgan fingerprint density at radius 3 is 2.64 bits per heavy atom. The van der Waals surface area contributed by atoms with E-state index >= 15 is 0 Å². The quantitative estimate of drug-likeness (QED) is 0.425. The molecule has 0 bridgehead atoms. The molecule has 0 aliphatic heterocycles. The molecule has 0 aliphatic carbocycles. The van der Waals surface area contributed by atoms with Crippen molar-refractivity contribution in [1.82, 2.24) is 15.0 Å². The van der Waals surface area contributed by atoms with E-state index in [1.807, 2.05) is 18.2 Å². The van der Waals surface area contributed by atoms with E-state index in [9.17, 15) is 10.1 Å². The lowest BCUT2D eigenvalue weighted by molar-refractivity contribution is -0.384. The van der Waals surface area contributed by atoms with Crippen LogP contribution in [0, 0.1) is 10.1 Å². The van der Waals surface area contributed by atoms with Gasteiger partial charge in [0.1, 0.15) is 5.75 Å². The predicted molar refractivity (Wildman–Crippen MR) is 104 cm³/mol. The van der Waals surface area contributed by atoms with Gasteiger partial charge in [-0.15, -0.1) is 0 Å². The van der Waals surface area contributed by atoms with Crippen LogP contribution in [-0.4, -0.2) is 33.6 Å². The first-order chi connectivity index (χ1) is 13.5. The van der Waals surface area contributed by atoms with Gasteiger partial charge < -0.3 is 9.26 Å². The van der Waals surface area contributed by atoms with Gasteiger partial charge >= 0.3 is 0 Å². The van der Waals surface area contributed by atoms with Crippen molar-refractivity contribution >= 4 is 5.69 Å². The summed E-state index contributed by atoms with van der Waals surface area (Å²) >= 11 is 0. The van der Waals surface area contributed by atoms with Crippen LogP contribution >= 0.6 is 0 Å². The molecular formula is C20H22N4O4. The maximum atomic E-state index is 10.8. The molecule has 0 N–H and O–H groups in total. The fourth-order valence-corrected chi connectivity index (χ4v) is 2.98. The maximum absolute atomic E-state index is 10.8. The first-order valence-corrected chi connectivity index (χ1v) is 8.97. The highest BCUT2D eigenvalue weighted by atomic mass is 16.6. The molecule has 8 nitrogen and oxygen atoms in total. The minimum Gasteiger partial charge on any atom is -0.497 e. The molecule has 2 aromatic carbocycles. The Morgan fingerprint density at radius 2 is 2.00 bits per heavy atom. The number of methoxy groups -OCH3 is 1. The summed E-state index contributed by atoms with van der Waals surface area (Å²) < 4.78 is 10.7. The molecule has 1 aromatic heterocycles. The van der Waals surface area contributed by atoms with Gasteiger partial charge in [0.15, 0.2) is 0 Å². The zero-order valence-corrected chi connectivity index (χ0v) is 16.0. The highest BCUT2D eigenvalue weighted by Gasteiger charge is 2.19. The van der Waals surface area contributed by atoms with Crippen LogP contribution in [0.5, 0.6) is 5.75 Å². The molecule has 1 unspecified atom stereocenters. The number of benzene rings is 2. The number of rotatable bonds is 8. The number of nitro groups is 1. The fraction of sp³-hybridized carbons (Fsp3) is 0.300. The van der Waals surface area contributed by atoms with Crippen LogP contribution < -0.4 is 4.74 Å². The number of nitrogens with zero attached hydrogens (tertiary/aromatic N) is 4. The second kappa shape index (κ2) is 8.62. The molecule has 0 amide bonds. The van der Waals surface area contributed by atoms with Gasteiger partial charge in [-0.3, -0.25) is 15.0 Å². The van der Waals surface area contributed by atoms with E-state index in [-0.39, 0.29) is 11.7 Å². The van der Waals surface area contributed by atoms with Crippen molar-refractivity contribution in [3.63, 3.8) is 0 Å². The topological polar surface area (TPSA) is 94.5 Å². The second-order valence-corrected chi connectivity index (χ2v) is 6.33. The Bertz CT molecular complexity index is 939. The molecule has 3 rings (SSSR count). The predicted octanol–water partition coefficient (Wildman–Crippen LogP) is 4.24. The van der Waals surface area contributed by atoms with E-state index < -0.39 is 4.92 Å². The van der Waals surface area contributed by atoms with Crippen LogP contribution in [0.1, 0.15) is 31.3 Å². The number of hydrogen-bond acceptors (Lipinski definition) is 7. The molecule has 0 saturated heterocycles. The lowest BCUT2D eigenvalue weighted by Gasteiger charge is -2.26. The summed E-state index contributed by atoms with van der Waals surface area (Å²) in [6, 6.07) is 14.2. The van der Waals surface area contributed by atoms with Crippen LogP contribution in [-0.2, 0) is 6.54 Å². The Hall–Kier alpha value is -3.26. The van der Waals surface area contributed by atoms with Crippen molar-refractivity contribution < 1.29 is 14.2 Å². The molecule has 1 atom stereocenters. The smallest absolute Gasteiger partial charge is 0.269 e. The largest absolute Gasteiger partial charge is 0.497 e. The molecular weight excluding hydrogens is 360 g/mol. The summed E-state index contributed by atoms with van der Waals surface area (Å²) in [6.45, 7) is 5.48. The van der Waals surface area contributed by atoms with E-state index in [1.165, 1.54) is 12.1 Å². The average Bonchev–Trinajstić information content (AvgIpc) is 3.20. The van der Waals surface area contributed by atoms with E-state index in [0.717, 1.165) is 17.9 Å². The lowest BCUT2D eigenvalue weighted by atomic mass is 10.1. The van der Waals surface area contributed by atoms with Crippen molar-refractivity contribution in [3.05, 3.63) is 70.1 Å². The summed E-state index contributed by atoms with van der Waals surface area (Å²) in [5.41, 5.74) is 1.83. The highest BCUT2D eigenvalue weighted by Crippen LogP contribution is 2.26. The Morgan fingerprint density at radius 1 is 1.25 bits per heavy atom. The van der Waals surface area contributed by atoms with Crippen LogP contribution in [0.4, 0.5) is 5.69 Å². The minimum absolute atomic E-state index is 0.0248. The lowest BCUT2D eigenvalue weighted by Crippen LogP contribution is -2.26. The molecule has 146 valence electrons. The molecule has 0 spiro atoms. The summed E-state index contributed by atoms with van der Waals surface area (Å²) in [4.78, 5) is 17.0. The van der Waals surface area contributed by atoms with Crippen LogP contribution in [0.2, 0.25) is 0 Å². The average molecular weight is 382 g/mol. The van der Waals surface area contributed by atoms with Gasteiger partial charge in [-0.05, 0) is 43.3 Å². The van der Waals surface area contributed by atoms with Crippen molar-refractivity contribution in [2.75, 3.05) is 13.7 Å². The number of non-ortho nitro benzene ring substituents is 1. The van der Waals surface area contributed by atoms with Crippen LogP contribution in [0.3, 0.4) is 0 Å². The summed E-state index contributed by atoms with van der Waals surface area (Å²) in [5, 5.41) is 14.8. The molecule has 0 fully saturated rings. The number of hydrogen-bond donors (Lipinski definition) is 0. The summed E-state index contributed by atoms with van der Waals surface area (Å²) in [6.07, 6.45) is 0. The Balaban J connectivity index is 1.74. The molecule has 0 saturated carbocycles. The molecule has 28 heavy (non-hydrogen) atoms. The fourth-order valence-electron chi connectivity index (χ4n) is 2.98. The highest BCUT2D eigenvalue weighted by molar-refractivity contribution is 5.56. The third-order valence-electron chi connectivity index (χ3n) is 4.67. The van der Waals surface area contributed by atoms with Gasteiger partial charge in [-0.25, -0.2) is 0 Å². The van der Waals surface area contributed by atoms with E-state index in [4.69, 9.17) is 9.26 Å². The minimum atomic E-state index is -0.440. The van der Waals surface area contributed by atoms with Gasteiger partial charge in [0.2, 0.25) is 11.7 Å². The summed E-state index contributed by atoms with van der Waals surface area (Å²) in [7, 11) is 1.65. The van der Waals surface area contributed by atoms with Crippen molar-refractivity contribution in [1.29, 1.82) is 0 Å². The van der Waals surface area contributed by atoms with Crippen molar-refractivity contribution in [3.8, 4) is 17.1 Å². The monoisotopic (exact) mass is 382 g/mol. The number of aromatic nitrogens is 2. The molecule has 1 heterocycles. The normalized spacial score (nSPS) is 12.1. The molecule has 8 heteroatoms. The molecule has 3 aromatic rings. The molecule has 0 radical (unpaired) electrons. The third kappa shape index (κ3) is 4.34. The summed E-state index contributed by atoms with van der Waals surface area (Å²) in [5.74, 6) is 1.72. The third-order valence-corrected chi connectivity index (χ3v) is 4.67. The zero-order valence-electron chi connectivity index (χ0n) is 16.0. The van der Waals surface area contributed by atoms with Crippen LogP contribution in [0.15, 0.2) is 53.1 Å². The van der Waals surface area contributed by atoms with Crippen LogP contribution in [0.25, 0.3) is 11.4 Å². The van der Waals surface area contributed by atoms with Gasteiger partial charge in [0.05, 0.1) is 18.6 Å². The van der Waals surface area contributed by atoms with Gasteiger partial charge in [-0.1, -0.05) is 24.2 Å². The zero-order chi connectivity index (χ0) is 20.1. The van der Waals surface area contributed by atoms with E-state index in [2.05, 4.69) is 35.0 Å². The first kappa shape index (κ1) is 19.5. The molecule has 0 aliphatic rings. The number of ether oxygens (including phenoxy) is 1. The van der Waals surface area contributed by atoms with Gasteiger partial charge in [0, 0.05) is 23.7 Å². The maximum Gasteiger partial charge on any atom is 0.269 e. The van der Waals surface area contributed by atoms with E-state index in [1.54, 1.807) is 19.2 Å².